The number of rotatable bonds is 2. The molecule has 0 amide bonds. The van der Waals surface area contributed by atoms with Gasteiger partial charge in [-0.2, -0.15) is 0 Å². The number of hydrogen-bond donors (Lipinski definition) is 1. The van der Waals surface area contributed by atoms with Gasteiger partial charge in [-0.05, 0) is 30.8 Å². The van der Waals surface area contributed by atoms with Crippen LogP contribution in [0.25, 0.3) is 10.2 Å². The van der Waals surface area contributed by atoms with E-state index in [0.29, 0.717) is 6.04 Å². The molecule has 1 fully saturated rings. The van der Waals surface area contributed by atoms with Crippen molar-refractivity contribution in [2.75, 3.05) is 6.54 Å². The Hall–Kier alpha value is -1.20. The number of piperidine rings is 1. The fourth-order valence-electron chi connectivity index (χ4n) is 2.33. The molecule has 1 aliphatic rings. The lowest BCUT2D eigenvalue weighted by atomic mass is 10.1. The van der Waals surface area contributed by atoms with Gasteiger partial charge in [0.2, 0.25) is 0 Å². The molecule has 4 nitrogen and oxygen atoms in total. The van der Waals surface area contributed by atoms with Gasteiger partial charge in [-0.25, -0.2) is 4.98 Å². The summed E-state index contributed by atoms with van der Waals surface area (Å²) in [5, 5.41) is 5.37. The molecule has 0 spiro atoms. The topological polar surface area (TPSA) is 46.9 Å². The first-order valence-electron chi connectivity index (χ1n) is 6.00. The van der Waals surface area contributed by atoms with Crippen LogP contribution in [0.2, 0.25) is 0 Å². The molecule has 1 aliphatic heterocycles. The van der Waals surface area contributed by atoms with Crippen LogP contribution in [0, 0.1) is 0 Å². The maximum atomic E-state index is 12.2. The smallest absolute Gasteiger partial charge is 0.271 e. The molecule has 90 valence electrons. The van der Waals surface area contributed by atoms with Gasteiger partial charge in [-0.3, -0.25) is 9.36 Å². The van der Waals surface area contributed by atoms with E-state index in [9.17, 15) is 4.79 Å². The van der Waals surface area contributed by atoms with E-state index in [4.69, 9.17) is 0 Å². The molecule has 0 saturated carbocycles. The van der Waals surface area contributed by atoms with Crippen molar-refractivity contribution < 1.29 is 0 Å². The Labute approximate surface area is 103 Å². The summed E-state index contributed by atoms with van der Waals surface area (Å²) >= 11 is 1.47. The zero-order valence-electron chi connectivity index (χ0n) is 9.56. The fourth-order valence-corrected chi connectivity index (χ4v) is 3.12. The number of aromatic nitrogens is 2. The zero-order chi connectivity index (χ0) is 11.7. The Morgan fingerprint density at radius 1 is 1.53 bits per heavy atom. The van der Waals surface area contributed by atoms with Gasteiger partial charge in [0.25, 0.3) is 5.56 Å². The molecular formula is C12H15N3OS. The molecule has 17 heavy (non-hydrogen) atoms. The van der Waals surface area contributed by atoms with E-state index in [1.807, 2.05) is 11.4 Å². The SMILES string of the molecule is O=c1c2sccc2ncn1CC1CCCCN1. The van der Waals surface area contributed by atoms with E-state index < -0.39 is 0 Å². The lowest BCUT2D eigenvalue weighted by molar-refractivity contribution is 0.359. The third-order valence-electron chi connectivity index (χ3n) is 3.27. The number of nitrogens with zero attached hydrogens (tertiary/aromatic N) is 2. The second-order valence-corrected chi connectivity index (χ2v) is 5.40. The molecule has 1 saturated heterocycles. The van der Waals surface area contributed by atoms with Crippen molar-refractivity contribution in [2.24, 2.45) is 0 Å². The lowest BCUT2D eigenvalue weighted by Crippen LogP contribution is -2.39. The molecule has 2 aromatic heterocycles. The first kappa shape index (κ1) is 10.9. The molecule has 1 atom stereocenters. The predicted octanol–water partition coefficient (Wildman–Crippen LogP) is 1.60. The van der Waals surface area contributed by atoms with Crippen LogP contribution in [0.5, 0.6) is 0 Å². The molecule has 0 aliphatic carbocycles. The Morgan fingerprint density at radius 2 is 2.47 bits per heavy atom. The van der Waals surface area contributed by atoms with Crippen LogP contribution in [0.3, 0.4) is 0 Å². The van der Waals surface area contributed by atoms with Crippen molar-refractivity contribution >= 4 is 21.6 Å². The third kappa shape index (κ3) is 2.12. The first-order chi connectivity index (χ1) is 8.34. The molecule has 3 heterocycles. The van der Waals surface area contributed by atoms with Crippen LogP contribution in [0.15, 0.2) is 22.6 Å². The number of thiophene rings is 1. The summed E-state index contributed by atoms with van der Waals surface area (Å²) in [7, 11) is 0. The van der Waals surface area contributed by atoms with Crippen molar-refractivity contribution in [3.05, 3.63) is 28.1 Å². The average Bonchev–Trinajstić information content (AvgIpc) is 2.83. The van der Waals surface area contributed by atoms with Crippen molar-refractivity contribution in [1.29, 1.82) is 0 Å². The van der Waals surface area contributed by atoms with Crippen LogP contribution in [0.4, 0.5) is 0 Å². The Morgan fingerprint density at radius 3 is 3.29 bits per heavy atom. The van der Waals surface area contributed by atoms with Crippen molar-refractivity contribution in [3.8, 4) is 0 Å². The molecule has 0 aromatic carbocycles. The van der Waals surface area contributed by atoms with E-state index in [2.05, 4.69) is 10.3 Å². The highest BCUT2D eigenvalue weighted by Crippen LogP contribution is 2.14. The van der Waals surface area contributed by atoms with Crippen LogP contribution in [-0.4, -0.2) is 22.1 Å². The van der Waals surface area contributed by atoms with Crippen LogP contribution < -0.4 is 10.9 Å². The summed E-state index contributed by atoms with van der Waals surface area (Å²) in [4.78, 5) is 16.5. The monoisotopic (exact) mass is 249 g/mol. The maximum absolute atomic E-state index is 12.2. The van der Waals surface area contributed by atoms with Crippen molar-refractivity contribution in [3.63, 3.8) is 0 Å². The molecule has 0 bridgehead atoms. The van der Waals surface area contributed by atoms with E-state index in [1.165, 1.54) is 24.2 Å². The van der Waals surface area contributed by atoms with Crippen LogP contribution >= 0.6 is 11.3 Å². The minimum absolute atomic E-state index is 0.0948. The Kier molecular flexibility index (Phi) is 2.94. The van der Waals surface area contributed by atoms with Crippen molar-refractivity contribution in [1.82, 2.24) is 14.9 Å². The van der Waals surface area contributed by atoms with Crippen LogP contribution in [0.1, 0.15) is 19.3 Å². The summed E-state index contributed by atoms with van der Waals surface area (Å²) < 4.78 is 2.50. The van der Waals surface area contributed by atoms with E-state index in [1.54, 1.807) is 10.9 Å². The Bertz CT molecular complexity index is 568. The summed E-state index contributed by atoms with van der Waals surface area (Å²) in [6, 6.07) is 2.31. The molecule has 1 N–H and O–H groups in total. The van der Waals surface area contributed by atoms with Gasteiger partial charge < -0.3 is 5.32 Å². The zero-order valence-corrected chi connectivity index (χ0v) is 10.4. The van der Waals surface area contributed by atoms with Gasteiger partial charge in [-0.15, -0.1) is 11.3 Å². The van der Waals surface area contributed by atoms with Gasteiger partial charge in [-0.1, -0.05) is 6.42 Å². The first-order valence-corrected chi connectivity index (χ1v) is 6.88. The van der Waals surface area contributed by atoms with Gasteiger partial charge in [0.05, 0.1) is 11.8 Å². The van der Waals surface area contributed by atoms with E-state index in [0.717, 1.165) is 29.7 Å². The lowest BCUT2D eigenvalue weighted by Gasteiger charge is -2.23. The Balaban J connectivity index is 1.89. The van der Waals surface area contributed by atoms with Crippen LogP contribution in [-0.2, 0) is 6.54 Å². The number of fused-ring (bicyclic) bond motifs is 1. The molecule has 3 rings (SSSR count). The highest BCUT2D eigenvalue weighted by Gasteiger charge is 2.14. The fraction of sp³-hybridized carbons (Fsp3) is 0.500. The van der Waals surface area contributed by atoms with Gasteiger partial charge in [0, 0.05) is 12.6 Å². The highest BCUT2D eigenvalue weighted by molar-refractivity contribution is 7.17. The van der Waals surface area contributed by atoms with Gasteiger partial charge >= 0.3 is 0 Å². The van der Waals surface area contributed by atoms with Crippen molar-refractivity contribution in [2.45, 2.75) is 31.8 Å². The quantitative estimate of drug-likeness (QED) is 0.879. The number of nitrogens with one attached hydrogen (secondary N) is 1. The molecular weight excluding hydrogens is 234 g/mol. The highest BCUT2D eigenvalue weighted by atomic mass is 32.1. The standard InChI is InChI=1S/C12H15N3OS/c16-12-11-10(4-6-17-11)14-8-15(12)7-9-3-1-2-5-13-9/h4,6,8-9,13H,1-3,5,7H2. The summed E-state index contributed by atoms with van der Waals surface area (Å²) in [6.07, 6.45) is 5.32. The number of hydrogen-bond acceptors (Lipinski definition) is 4. The average molecular weight is 249 g/mol. The largest absolute Gasteiger partial charge is 0.312 e. The second kappa shape index (κ2) is 4.58. The predicted molar refractivity (Wildman–Crippen MR) is 69.5 cm³/mol. The summed E-state index contributed by atoms with van der Waals surface area (Å²) in [6.45, 7) is 1.80. The summed E-state index contributed by atoms with van der Waals surface area (Å²) in [5.41, 5.74) is 0.908. The second-order valence-electron chi connectivity index (χ2n) is 4.48. The maximum Gasteiger partial charge on any atom is 0.271 e. The molecule has 2 aromatic rings. The summed E-state index contributed by atoms with van der Waals surface area (Å²) in [5.74, 6) is 0. The van der Waals surface area contributed by atoms with Gasteiger partial charge in [0.1, 0.15) is 4.70 Å². The normalized spacial score (nSPS) is 20.8. The van der Waals surface area contributed by atoms with E-state index in [-0.39, 0.29) is 5.56 Å². The molecule has 0 radical (unpaired) electrons. The molecule has 1 unspecified atom stereocenters. The third-order valence-corrected chi connectivity index (χ3v) is 4.16. The minimum Gasteiger partial charge on any atom is -0.312 e. The van der Waals surface area contributed by atoms with E-state index >= 15 is 0 Å². The molecule has 5 heteroatoms. The minimum atomic E-state index is 0.0948. The van der Waals surface area contributed by atoms with Gasteiger partial charge in [0.15, 0.2) is 0 Å².